The maximum absolute atomic E-state index is 12.0. The zero-order chi connectivity index (χ0) is 12.6. The number of Topliss-reactive ketones (excluding diaryl/α,β-unsaturated/α-hetero) is 1. The van der Waals surface area contributed by atoms with Gasteiger partial charge in [-0.1, -0.05) is 24.3 Å². The summed E-state index contributed by atoms with van der Waals surface area (Å²) in [4.78, 5) is 23.3. The first kappa shape index (κ1) is 11.8. The topological polar surface area (TPSA) is 46.2 Å². The van der Waals surface area contributed by atoms with Crippen LogP contribution in [0.2, 0.25) is 0 Å². The van der Waals surface area contributed by atoms with Crippen molar-refractivity contribution in [1.29, 1.82) is 0 Å². The van der Waals surface area contributed by atoms with Gasteiger partial charge in [-0.2, -0.15) is 0 Å². The molecule has 90 valence electrons. The molecule has 0 aromatic heterocycles. The van der Waals surface area contributed by atoms with Gasteiger partial charge in [0.15, 0.2) is 0 Å². The van der Waals surface area contributed by atoms with Gasteiger partial charge in [0.2, 0.25) is 5.91 Å². The number of hydrogen-bond donors (Lipinski definition) is 1. The zero-order valence-corrected chi connectivity index (χ0v) is 10.4. The van der Waals surface area contributed by atoms with Gasteiger partial charge in [0.1, 0.15) is 5.78 Å². The molecule has 0 spiro atoms. The molecule has 0 radical (unpaired) electrons. The zero-order valence-electron chi connectivity index (χ0n) is 10.4. The minimum absolute atomic E-state index is 0.0116. The van der Waals surface area contributed by atoms with Crippen LogP contribution in [0.3, 0.4) is 0 Å². The van der Waals surface area contributed by atoms with E-state index in [0.29, 0.717) is 6.42 Å². The average Bonchev–Trinajstić information content (AvgIpc) is 2.26. The maximum atomic E-state index is 12.0. The Morgan fingerprint density at radius 3 is 2.65 bits per heavy atom. The Morgan fingerprint density at radius 1 is 1.35 bits per heavy atom. The number of fused-ring (bicyclic) bond motifs is 1. The van der Waals surface area contributed by atoms with Crippen molar-refractivity contribution in [3.63, 3.8) is 0 Å². The van der Waals surface area contributed by atoms with E-state index in [1.165, 1.54) is 0 Å². The molecule has 1 aromatic rings. The number of carbonyl (C=O) groups excluding carboxylic acids is 2. The van der Waals surface area contributed by atoms with Gasteiger partial charge in [0.25, 0.3) is 0 Å². The lowest BCUT2D eigenvalue weighted by atomic mass is 9.75. The molecular formula is C14H17NO2. The smallest absolute Gasteiger partial charge is 0.230 e. The van der Waals surface area contributed by atoms with Crippen molar-refractivity contribution in [2.75, 3.05) is 0 Å². The van der Waals surface area contributed by atoms with Gasteiger partial charge in [-0.25, -0.2) is 0 Å². The molecule has 1 aliphatic rings. The predicted molar refractivity (Wildman–Crippen MR) is 65.6 cm³/mol. The Labute approximate surface area is 101 Å². The molecule has 1 aromatic carbocycles. The number of amides is 1. The van der Waals surface area contributed by atoms with Crippen LogP contribution in [0.4, 0.5) is 0 Å². The fourth-order valence-electron chi connectivity index (χ4n) is 2.36. The fourth-order valence-corrected chi connectivity index (χ4v) is 2.36. The number of carbonyl (C=O) groups is 2. The van der Waals surface area contributed by atoms with Crippen molar-refractivity contribution in [3.8, 4) is 0 Å². The Kier molecular flexibility index (Phi) is 2.77. The molecule has 0 saturated heterocycles. The van der Waals surface area contributed by atoms with Crippen molar-refractivity contribution in [2.24, 2.45) is 0 Å². The molecule has 0 saturated carbocycles. The summed E-state index contributed by atoms with van der Waals surface area (Å²) < 4.78 is 0. The summed E-state index contributed by atoms with van der Waals surface area (Å²) in [5.41, 5.74) is 1.56. The third-order valence-electron chi connectivity index (χ3n) is 3.37. The highest BCUT2D eigenvalue weighted by molar-refractivity contribution is 5.91. The number of nitrogens with one attached hydrogen (secondary N) is 1. The molecule has 17 heavy (non-hydrogen) atoms. The lowest BCUT2D eigenvalue weighted by Crippen LogP contribution is -2.47. The van der Waals surface area contributed by atoms with Gasteiger partial charge >= 0.3 is 0 Å². The first-order valence-corrected chi connectivity index (χ1v) is 5.82. The van der Waals surface area contributed by atoms with E-state index in [4.69, 9.17) is 0 Å². The first-order chi connectivity index (χ1) is 7.93. The van der Waals surface area contributed by atoms with E-state index in [0.717, 1.165) is 11.1 Å². The average molecular weight is 231 g/mol. The van der Waals surface area contributed by atoms with Crippen molar-refractivity contribution in [2.45, 2.75) is 38.6 Å². The SMILES string of the molecule is CC(=O)CC1NC(=O)C(C)(C)c2ccccc21. The van der Waals surface area contributed by atoms with Crippen LogP contribution >= 0.6 is 0 Å². The van der Waals surface area contributed by atoms with Crippen molar-refractivity contribution < 1.29 is 9.59 Å². The van der Waals surface area contributed by atoms with E-state index in [2.05, 4.69) is 5.32 Å². The van der Waals surface area contributed by atoms with Crippen LogP contribution in [0.5, 0.6) is 0 Å². The fraction of sp³-hybridized carbons (Fsp3) is 0.429. The van der Waals surface area contributed by atoms with Crippen LogP contribution in [0.25, 0.3) is 0 Å². The normalized spacial score (nSPS) is 21.6. The molecule has 0 fully saturated rings. The lowest BCUT2D eigenvalue weighted by Gasteiger charge is -2.36. The number of hydrogen-bond acceptors (Lipinski definition) is 2. The minimum Gasteiger partial charge on any atom is -0.348 e. The van der Waals surface area contributed by atoms with Gasteiger partial charge in [-0.15, -0.1) is 0 Å². The Morgan fingerprint density at radius 2 is 2.00 bits per heavy atom. The number of ketones is 1. The van der Waals surface area contributed by atoms with Crippen LogP contribution in [-0.4, -0.2) is 11.7 Å². The highest BCUT2D eigenvalue weighted by Crippen LogP contribution is 2.36. The van der Waals surface area contributed by atoms with E-state index < -0.39 is 5.41 Å². The Balaban J connectivity index is 2.49. The summed E-state index contributed by atoms with van der Waals surface area (Å²) in [5, 5.41) is 2.93. The highest BCUT2D eigenvalue weighted by Gasteiger charge is 2.39. The predicted octanol–water partition coefficient (Wildman–Crippen LogP) is 2.11. The van der Waals surface area contributed by atoms with Crippen LogP contribution in [0, 0.1) is 0 Å². The summed E-state index contributed by atoms with van der Waals surface area (Å²) >= 11 is 0. The van der Waals surface area contributed by atoms with E-state index in [1.807, 2.05) is 38.1 Å². The minimum atomic E-state index is -0.524. The van der Waals surface area contributed by atoms with E-state index in [-0.39, 0.29) is 17.7 Å². The van der Waals surface area contributed by atoms with Gasteiger partial charge in [0, 0.05) is 6.42 Å². The highest BCUT2D eigenvalue weighted by atomic mass is 16.2. The molecular weight excluding hydrogens is 214 g/mol. The lowest BCUT2D eigenvalue weighted by molar-refractivity contribution is -0.127. The van der Waals surface area contributed by atoms with Gasteiger partial charge in [-0.3, -0.25) is 9.59 Å². The molecule has 1 N–H and O–H groups in total. The molecule has 1 heterocycles. The monoisotopic (exact) mass is 231 g/mol. The van der Waals surface area contributed by atoms with Gasteiger partial charge in [0.05, 0.1) is 11.5 Å². The summed E-state index contributed by atoms with van der Waals surface area (Å²) in [6.45, 7) is 5.37. The van der Waals surface area contributed by atoms with Crippen LogP contribution in [0.15, 0.2) is 24.3 Å². The van der Waals surface area contributed by atoms with Crippen molar-refractivity contribution in [1.82, 2.24) is 5.32 Å². The van der Waals surface area contributed by atoms with Crippen molar-refractivity contribution >= 4 is 11.7 Å². The molecule has 3 nitrogen and oxygen atoms in total. The summed E-state index contributed by atoms with van der Waals surface area (Å²) in [6.07, 6.45) is 0.360. The molecule has 3 heteroatoms. The van der Waals surface area contributed by atoms with Crippen LogP contribution in [0.1, 0.15) is 44.4 Å². The van der Waals surface area contributed by atoms with E-state index in [9.17, 15) is 9.59 Å². The molecule has 2 rings (SSSR count). The first-order valence-electron chi connectivity index (χ1n) is 5.82. The third-order valence-corrected chi connectivity index (χ3v) is 3.37. The second-order valence-electron chi connectivity index (χ2n) is 5.14. The maximum Gasteiger partial charge on any atom is 0.230 e. The van der Waals surface area contributed by atoms with Gasteiger partial charge < -0.3 is 5.32 Å². The standard InChI is InChI=1S/C14H17NO2/c1-9(16)8-12-10-6-4-5-7-11(10)14(2,3)13(17)15-12/h4-7,12H,8H2,1-3H3,(H,15,17). The second-order valence-corrected chi connectivity index (χ2v) is 5.14. The third kappa shape index (κ3) is 1.97. The molecule has 0 bridgehead atoms. The molecule has 1 unspecified atom stereocenters. The Hall–Kier alpha value is -1.64. The Bertz CT molecular complexity index is 477. The summed E-state index contributed by atoms with van der Waals surface area (Å²) in [6, 6.07) is 7.67. The largest absolute Gasteiger partial charge is 0.348 e. The number of rotatable bonds is 2. The molecule has 1 amide bonds. The van der Waals surface area contributed by atoms with Crippen molar-refractivity contribution in [3.05, 3.63) is 35.4 Å². The summed E-state index contributed by atoms with van der Waals surface area (Å²) in [7, 11) is 0. The molecule has 1 atom stereocenters. The molecule has 0 aliphatic carbocycles. The van der Waals surface area contributed by atoms with Crippen LogP contribution in [-0.2, 0) is 15.0 Å². The van der Waals surface area contributed by atoms with Gasteiger partial charge in [-0.05, 0) is 31.9 Å². The number of benzene rings is 1. The van der Waals surface area contributed by atoms with E-state index in [1.54, 1.807) is 6.92 Å². The van der Waals surface area contributed by atoms with E-state index >= 15 is 0 Å². The molecule has 1 aliphatic heterocycles. The summed E-state index contributed by atoms with van der Waals surface area (Å²) in [5.74, 6) is 0.0762. The quantitative estimate of drug-likeness (QED) is 0.847. The van der Waals surface area contributed by atoms with Crippen LogP contribution < -0.4 is 5.32 Å². The second kappa shape index (κ2) is 3.99.